The van der Waals surface area contributed by atoms with E-state index in [1.54, 1.807) is 12.1 Å². The minimum atomic E-state index is 0.646. The molecule has 2 aromatic carbocycles. The number of nitrogen functional groups attached to an aromatic ring is 1. The van der Waals surface area contributed by atoms with E-state index >= 15 is 0 Å². The van der Waals surface area contributed by atoms with Crippen LogP contribution in [0.15, 0.2) is 36.4 Å². The Morgan fingerprint density at radius 3 is 2.57 bits per heavy atom. The van der Waals surface area contributed by atoms with Gasteiger partial charge in [-0.05, 0) is 42.8 Å². The summed E-state index contributed by atoms with van der Waals surface area (Å²) in [7, 11) is 0. The van der Waals surface area contributed by atoms with Gasteiger partial charge in [-0.3, -0.25) is 0 Å². The third-order valence-corrected chi connectivity index (χ3v) is 3.88. The van der Waals surface area contributed by atoms with Gasteiger partial charge in [0.25, 0.3) is 0 Å². The Morgan fingerprint density at radius 2 is 1.81 bits per heavy atom. The first-order valence-electron chi connectivity index (χ1n) is 6.81. The van der Waals surface area contributed by atoms with Gasteiger partial charge in [-0.2, -0.15) is 0 Å². The highest BCUT2D eigenvalue weighted by Crippen LogP contribution is 2.32. The molecule has 21 heavy (non-hydrogen) atoms. The molecule has 0 spiro atoms. The normalized spacial score (nSPS) is 11.2. The Morgan fingerprint density at radius 1 is 1.10 bits per heavy atom. The number of aromatic nitrogens is 2. The minimum absolute atomic E-state index is 0.646. The summed E-state index contributed by atoms with van der Waals surface area (Å²) in [6.45, 7) is 2.97. The van der Waals surface area contributed by atoms with E-state index in [9.17, 15) is 0 Å². The summed E-state index contributed by atoms with van der Waals surface area (Å²) in [4.78, 5) is 4.71. The maximum absolute atomic E-state index is 6.12. The van der Waals surface area contributed by atoms with Crippen LogP contribution in [-0.2, 0) is 6.54 Å². The molecule has 0 bridgehead atoms. The predicted octanol–water partition coefficient (Wildman–Crippen LogP) is 5.00. The first kappa shape index (κ1) is 14.2. The minimum Gasteiger partial charge on any atom is -0.398 e. The van der Waals surface area contributed by atoms with Gasteiger partial charge >= 0.3 is 0 Å². The summed E-state index contributed by atoms with van der Waals surface area (Å²) in [6.07, 6.45) is 0.992. The number of fused-ring (bicyclic) bond motifs is 1. The van der Waals surface area contributed by atoms with Gasteiger partial charge < -0.3 is 10.3 Å². The number of nitrogens with zero attached hydrogens (tertiary/aromatic N) is 2. The smallest absolute Gasteiger partial charge is 0.143 e. The number of hydrogen-bond donors (Lipinski definition) is 1. The summed E-state index contributed by atoms with van der Waals surface area (Å²) < 4.78 is 2.14. The monoisotopic (exact) mass is 319 g/mol. The Bertz CT molecular complexity index is 809. The van der Waals surface area contributed by atoms with Crippen molar-refractivity contribution in [2.75, 3.05) is 5.73 Å². The van der Waals surface area contributed by atoms with Crippen molar-refractivity contribution in [2.24, 2.45) is 0 Å². The molecule has 0 aliphatic carbocycles. The van der Waals surface area contributed by atoms with Crippen LogP contribution in [0.2, 0.25) is 10.0 Å². The van der Waals surface area contributed by atoms with Gasteiger partial charge in [-0.25, -0.2) is 4.98 Å². The van der Waals surface area contributed by atoms with Crippen LogP contribution in [-0.4, -0.2) is 9.55 Å². The second-order valence-electron chi connectivity index (χ2n) is 4.95. The van der Waals surface area contributed by atoms with Crippen molar-refractivity contribution in [3.05, 3.63) is 46.4 Å². The fourth-order valence-corrected chi connectivity index (χ4v) is 2.81. The number of benzene rings is 2. The van der Waals surface area contributed by atoms with E-state index in [2.05, 4.69) is 11.5 Å². The van der Waals surface area contributed by atoms with Crippen LogP contribution in [0.3, 0.4) is 0 Å². The molecule has 2 N–H and O–H groups in total. The lowest BCUT2D eigenvalue weighted by molar-refractivity contribution is 0.704. The van der Waals surface area contributed by atoms with Crippen LogP contribution >= 0.6 is 23.2 Å². The number of nitrogens with two attached hydrogens (primary N) is 1. The standard InChI is InChI=1S/C16H15Cl2N3/c1-2-7-21-15-9-11(18)4-6-14(15)20-16(21)12-8-10(17)3-5-13(12)19/h3-6,8-9H,2,7,19H2,1H3. The summed E-state index contributed by atoms with van der Waals surface area (Å²) in [6, 6.07) is 11.1. The first-order chi connectivity index (χ1) is 10.1. The van der Waals surface area contributed by atoms with E-state index in [-0.39, 0.29) is 0 Å². The van der Waals surface area contributed by atoms with Gasteiger partial charge in [-0.1, -0.05) is 30.1 Å². The highest BCUT2D eigenvalue weighted by molar-refractivity contribution is 6.31. The molecule has 0 saturated heterocycles. The van der Waals surface area contributed by atoms with Crippen molar-refractivity contribution in [3.8, 4) is 11.4 Å². The van der Waals surface area contributed by atoms with Crippen molar-refractivity contribution >= 4 is 39.9 Å². The highest BCUT2D eigenvalue weighted by atomic mass is 35.5. The van der Waals surface area contributed by atoms with Crippen LogP contribution in [0.4, 0.5) is 5.69 Å². The molecule has 0 amide bonds. The summed E-state index contributed by atoms with van der Waals surface area (Å²) in [5.41, 5.74) is 9.53. The first-order valence-corrected chi connectivity index (χ1v) is 7.57. The average Bonchev–Trinajstić information content (AvgIpc) is 2.80. The van der Waals surface area contributed by atoms with Crippen molar-refractivity contribution < 1.29 is 0 Å². The molecular formula is C16H15Cl2N3. The molecule has 3 rings (SSSR count). The average molecular weight is 320 g/mol. The van der Waals surface area contributed by atoms with Crippen molar-refractivity contribution in [1.82, 2.24) is 9.55 Å². The molecule has 0 atom stereocenters. The third-order valence-electron chi connectivity index (χ3n) is 3.41. The topological polar surface area (TPSA) is 43.8 Å². The molecule has 0 radical (unpaired) electrons. The molecule has 0 aliphatic rings. The van der Waals surface area contributed by atoms with E-state index in [4.69, 9.17) is 33.9 Å². The second kappa shape index (κ2) is 5.58. The molecule has 5 heteroatoms. The van der Waals surface area contributed by atoms with E-state index in [1.807, 2.05) is 24.3 Å². The predicted molar refractivity (Wildman–Crippen MR) is 89.9 cm³/mol. The molecule has 3 nitrogen and oxygen atoms in total. The zero-order valence-corrected chi connectivity index (χ0v) is 13.1. The van der Waals surface area contributed by atoms with E-state index in [0.717, 1.165) is 35.4 Å². The zero-order valence-electron chi connectivity index (χ0n) is 11.6. The summed E-state index contributed by atoms with van der Waals surface area (Å²) in [5, 5.41) is 1.35. The number of imidazole rings is 1. The van der Waals surface area contributed by atoms with E-state index < -0.39 is 0 Å². The molecule has 0 saturated carbocycles. The quantitative estimate of drug-likeness (QED) is 0.690. The third kappa shape index (κ3) is 2.59. The maximum Gasteiger partial charge on any atom is 0.143 e. The summed E-state index contributed by atoms with van der Waals surface area (Å²) >= 11 is 12.2. The van der Waals surface area contributed by atoms with Crippen molar-refractivity contribution in [2.45, 2.75) is 19.9 Å². The summed E-state index contributed by atoms with van der Waals surface area (Å²) in [5.74, 6) is 0.828. The fraction of sp³-hybridized carbons (Fsp3) is 0.188. The second-order valence-corrected chi connectivity index (χ2v) is 5.82. The Labute approximate surface area is 133 Å². The number of anilines is 1. The lowest BCUT2D eigenvalue weighted by Crippen LogP contribution is -2.01. The maximum atomic E-state index is 6.12. The van der Waals surface area contributed by atoms with Crippen LogP contribution in [0.1, 0.15) is 13.3 Å². The van der Waals surface area contributed by atoms with Crippen LogP contribution in [0.25, 0.3) is 22.4 Å². The molecule has 1 aromatic heterocycles. The number of halogens is 2. The molecule has 108 valence electrons. The highest BCUT2D eigenvalue weighted by Gasteiger charge is 2.15. The molecule has 0 unspecified atom stereocenters. The molecular weight excluding hydrogens is 305 g/mol. The number of aryl methyl sites for hydroxylation is 1. The lowest BCUT2D eigenvalue weighted by atomic mass is 10.1. The Kier molecular flexibility index (Phi) is 3.79. The molecule has 3 aromatic rings. The van der Waals surface area contributed by atoms with Crippen molar-refractivity contribution in [3.63, 3.8) is 0 Å². The van der Waals surface area contributed by atoms with Gasteiger partial charge in [0.05, 0.1) is 11.0 Å². The lowest BCUT2D eigenvalue weighted by Gasteiger charge is -2.10. The van der Waals surface area contributed by atoms with Gasteiger partial charge in [0.1, 0.15) is 5.82 Å². The fourth-order valence-electron chi connectivity index (χ4n) is 2.47. The Hall–Kier alpha value is -1.71. The van der Waals surface area contributed by atoms with Crippen LogP contribution < -0.4 is 5.73 Å². The van der Waals surface area contributed by atoms with E-state index in [0.29, 0.717) is 15.7 Å². The molecule has 1 heterocycles. The number of hydrogen-bond acceptors (Lipinski definition) is 2. The number of rotatable bonds is 3. The largest absolute Gasteiger partial charge is 0.398 e. The van der Waals surface area contributed by atoms with Crippen LogP contribution in [0.5, 0.6) is 0 Å². The van der Waals surface area contributed by atoms with E-state index in [1.165, 1.54) is 0 Å². The van der Waals surface area contributed by atoms with Gasteiger partial charge in [-0.15, -0.1) is 0 Å². The van der Waals surface area contributed by atoms with Gasteiger partial charge in [0, 0.05) is 27.8 Å². The van der Waals surface area contributed by atoms with Gasteiger partial charge in [0.15, 0.2) is 0 Å². The molecule has 0 fully saturated rings. The molecule has 0 aliphatic heterocycles. The van der Waals surface area contributed by atoms with Crippen LogP contribution in [0, 0.1) is 0 Å². The zero-order chi connectivity index (χ0) is 15.0. The Balaban J connectivity index is 2.30. The van der Waals surface area contributed by atoms with Gasteiger partial charge in [0.2, 0.25) is 0 Å². The van der Waals surface area contributed by atoms with Crippen molar-refractivity contribution in [1.29, 1.82) is 0 Å². The SMILES string of the molecule is CCCn1c(-c2cc(Cl)ccc2N)nc2ccc(Cl)cc21.